The first-order valence-corrected chi connectivity index (χ1v) is 5.06. The lowest BCUT2D eigenvalue weighted by Crippen LogP contribution is -2.19. The smallest absolute Gasteiger partial charge is 0.136 e. The van der Waals surface area contributed by atoms with Crippen molar-refractivity contribution in [3.8, 4) is 0 Å². The molecule has 14 heavy (non-hydrogen) atoms. The molecule has 1 aliphatic rings. The fourth-order valence-electron chi connectivity index (χ4n) is 1.92. The molecular formula is C10H16FN3. The molecule has 1 fully saturated rings. The van der Waals surface area contributed by atoms with E-state index in [1.54, 1.807) is 4.68 Å². The SMILES string of the molecule is CCc1cnn(C2CN(C)CC2F)c1. The van der Waals surface area contributed by atoms with Crippen molar-refractivity contribution in [3.05, 3.63) is 18.0 Å². The van der Waals surface area contributed by atoms with Gasteiger partial charge in [-0.15, -0.1) is 0 Å². The van der Waals surface area contributed by atoms with Crippen LogP contribution in [0.15, 0.2) is 12.4 Å². The molecule has 2 unspecified atom stereocenters. The van der Waals surface area contributed by atoms with E-state index in [0.717, 1.165) is 13.0 Å². The largest absolute Gasteiger partial charge is 0.301 e. The third-order valence-corrected chi connectivity index (χ3v) is 2.81. The zero-order valence-corrected chi connectivity index (χ0v) is 8.65. The summed E-state index contributed by atoms with van der Waals surface area (Å²) >= 11 is 0. The maximum Gasteiger partial charge on any atom is 0.136 e. The van der Waals surface area contributed by atoms with E-state index in [1.807, 2.05) is 24.3 Å². The minimum atomic E-state index is -0.787. The Balaban J connectivity index is 2.14. The minimum Gasteiger partial charge on any atom is -0.301 e. The van der Waals surface area contributed by atoms with Gasteiger partial charge in [0.05, 0.1) is 12.2 Å². The summed E-state index contributed by atoms with van der Waals surface area (Å²) in [6, 6.07) is -0.0969. The fourth-order valence-corrected chi connectivity index (χ4v) is 1.92. The molecule has 1 aromatic heterocycles. The van der Waals surface area contributed by atoms with Gasteiger partial charge in [0, 0.05) is 19.3 Å². The average molecular weight is 197 g/mol. The van der Waals surface area contributed by atoms with Gasteiger partial charge < -0.3 is 4.90 Å². The van der Waals surface area contributed by atoms with Crippen molar-refractivity contribution in [1.82, 2.24) is 14.7 Å². The first kappa shape index (κ1) is 9.65. The van der Waals surface area contributed by atoms with Crippen LogP contribution in [-0.2, 0) is 6.42 Å². The van der Waals surface area contributed by atoms with Gasteiger partial charge in [0.25, 0.3) is 0 Å². The maximum absolute atomic E-state index is 13.5. The number of aryl methyl sites for hydroxylation is 1. The van der Waals surface area contributed by atoms with E-state index in [1.165, 1.54) is 5.56 Å². The second-order valence-corrected chi connectivity index (χ2v) is 3.99. The number of aromatic nitrogens is 2. The van der Waals surface area contributed by atoms with E-state index in [4.69, 9.17) is 0 Å². The summed E-state index contributed by atoms with van der Waals surface area (Å²) in [5, 5.41) is 4.20. The molecule has 2 heterocycles. The molecule has 2 atom stereocenters. The molecule has 0 spiro atoms. The van der Waals surface area contributed by atoms with Gasteiger partial charge in [-0.25, -0.2) is 4.39 Å². The number of likely N-dealkylation sites (tertiary alicyclic amines) is 1. The molecule has 1 aromatic rings. The van der Waals surface area contributed by atoms with Crippen LogP contribution in [0.4, 0.5) is 4.39 Å². The predicted octanol–water partition coefficient (Wildman–Crippen LogP) is 1.27. The minimum absolute atomic E-state index is 0.0969. The average Bonchev–Trinajstić information content (AvgIpc) is 2.71. The van der Waals surface area contributed by atoms with Crippen LogP contribution in [0, 0.1) is 0 Å². The molecule has 0 radical (unpaired) electrons. The van der Waals surface area contributed by atoms with E-state index < -0.39 is 6.17 Å². The van der Waals surface area contributed by atoms with Crippen molar-refractivity contribution < 1.29 is 4.39 Å². The van der Waals surface area contributed by atoms with Gasteiger partial charge in [-0.2, -0.15) is 5.10 Å². The van der Waals surface area contributed by atoms with E-state index in [2.05, 4.69) is 12.0 Å². The van der Waals surface area contributed by atoms with Crippen molar-refractivity contribution >= 4 is 0 Å². The summed E-state index contributed by atoms with van der Waals surface area (Å²) in [7, 11) is 1.94. The van der Waals surface area contributed by atoms with E-state index >= 15 is 0 Å². The number of alkyl halides is 1. The Labute approximate surface area is 83.5 Å². The highest BCUT2D eigenvalue weighted by Crippen LogP contribution is 2.23. The van der Waals surface area contributed by atoms with Crippen molar-refractivity contribution in [2.24, 2.45) is 0 Å². The molecule has 0 amide bonds. The van der Waals surface area contributed by atoms with Crippen LogP contribution in [0.5, 0.6) is 0 Å². The molecule has 2 rings (SSSR count). The second-order valence-electron chi connectivity index (χ2n) is 3.99. The standard InChI is InChI=1S/C10H16FN3/c1-3-8-4-12-14(5-8)10-7-13(2)6-9(10)11/h4-5,9-10H,3,6-7H2,1-2H3. The summed E-state index contributed by atoms with van der Waals surface area (Å²) in [6.45, 7) is 3.35. The number of nitrogens with zero attached hydrogens (tertiary/aromatic N) is 3. The van der Waals surface area contributed by atoms with Crippen molar-refractivity contribution in [2.45, 2.75) is 25.6 Å². The van der Waals surface area contributed by atoms with Gasteiger partial charge >= 0.3 is 0 Å². The first-order valence-electron chi connectivity index (χ1n) is 5.06. The first-order chi connectivity index (χ1) is 6.70. The Hall–Kier alpha value is -0.900. The van der Waals surface area contributed by atoms with E-state index in [-0.39, 0.29) is 6.04 Å². The van der Waals surface area contributed by atoms with Crippen molar-refractivity contribution in [2.75, 3.05) is 20.1 Å². The highest BCUT2D eigenvalue weighted by molar-refractivity contribution is 5.05. The van der Waals surface area contributed by atoms with Crippen LogP contribution in [0.25, 0.3) is 0 Å². The molecular weight excluding hydrogens is 181 g/mol. The summed E-state index contributed by atoms with van der Waals surface area (Å²) in [6.07, 6.45) is 3.95. The molecule has 0 N–H and O–H groups in total. The number of halogens is 1. The Morgan fingerprint density at radius 1 is 1.57 bits per heavy atom. The lowest BCUT2D eigenvalue weighted by molar-refractivity contribution is 0.267. The number of hydrogen-bond acceptors (Lipinski definition) is 2. The zero-order chi connectivity index (χ0) is 10.1. The van der Waals surface area contributed by atoms with Gasteiger partial charge in [-0.3, -0.25) is 4.68 Å². The molecule has 3 nitrogen and oxygen atoms in total. The Bertz CT molecular complexity index is 310. The van der Waals surface area contributed by atoms with Gasteiger partial charge in [0.15, 0.2) is 0 Å². The molecule has 78 valence electrons. The second kappa shape index (κ2) is 3.69. The lowest BCUT2D eigenvalue weighted by atomic mass is 10.2. The molecule has 1 aliphatic heterocycles. The maximum atomic E-state index is 13.5. The topological polar surface area (TPSA) is 21.1 Å². The summed E-state index contributed by atoms with van der Waals surface area (Å²) in [5.74, 6) is 0. The van der Waals surface area contributed by atoms with Crippen LogP contribution in [0.1, 0.15) is 18.5 Å². The summed E-state index contributed by atoms with van der Waals surface area (Å²) in [5.41, 5.74) is 1.17. The van der Waals surface area contributed by atoms with E-state index in [0.29, 0.717) is 6.54 Å². The molecule has 0 aromatic carbocycles. The molecule has 1 saturated heterocycles. The summed E-state index contributed by atoms with van der Waals surface area (Å²) in [4.78, 5) is 2.00. The number of hydrogen-bond donors (Lipinski definition) is 0. The van der Waals surface area contributed by atoms with Gasteiger partial charge in [-0.05, 0) is 19.0 Å². The van der Waals surface area contributed by atoms with Crippen LogP contribution in [0.2, 0.25) is 0 Å². The van der Waals surface area contributed by atoms with Crippen LogP contribution >= 0.6 is 0 Å². The Morgan fingerprint density at radius 2 is 2.36 bits per heavy atom. The van der Waals surface area contributed by atoms with Crippen LogP contribution in [0.3, 0.4) is 0 Å². The highest BCUT2D eigenvalue weighted by Gasteiger charge is 2.32. The van der Waals surface area contributed by atoms with Crippen molar-refractivity contribution in [1.29, 1.82) is 0 Å². The normalized spacial score (nSPS) is 28.5. The molecule has 0 bridgehead atoms. The molecule has 4 heteroatoms. The van der Waals surface area contributed by atoms with E-state index in [9.17, 15) is 4.39 Å². The van der Waals surface area contributed by atoms with Crippen molar-refractivity contribution in [3.63, 3.8) is 0 Å². The third kappa shape index (κ3) is 1.66. The highest BCUT2D eigenvalue weighted by atomic mass is 19.1. The molecule has 0 aliphatic carbocycles. The Morgan fingerprint density at radius 3 is 2.86 bits per heavy atom. The quantitative estimate of drug-likeness (QED) is 0.712. The lowest BCUT2D eigenvalue weighted by Gasteiger charge is -2.12. The monoisotopic (exact) mass is 197 g/mol. The fraction of sp³-hybridized carbons (Fsp3) is 0.700. The van der Waals surface area contributed by atoms with Gasteiger partial charge in [-0.1, -0.05) is 6.92 Å². The summed E-state index contributed by atoms with van der Waals surface area (Å²) < 4.78 is 15.3. The van der Waals surface area contributed by atoms with Crippen LogP contribution < -0.4 is 0 Å². The molecule has 0 saturated carbocycles. The third-order valence-electron chi connectivity index (χ3n) is 2.81. The van der Waals surface area contributed by atoms with Crippen LogP contribution in [-0.4, -0.2) is 41.0 Å². The Kier molecular flexibility index (Phi) is 2.54. The van der Waals surface area contributed by atoms with Gasteiger partial charge in [0.2, 0.25) is 0 Å². The van der Waals surface area contributed by atoms with Gasteiger partial charge in [0.1, 0.15) is 6.17 Å². The number of likely N-dealkylation sites (N-methyl/N-ethyl adjacent to an activating group) is 1. The zero-order valence-electron chi connectivity index (χ0n) is 8.65. The predicted molar refractivity (Wildman–Crippen MR) is 53.0 cm³/mol. The number of rotatable bonds is 2.